The smallest absolute Gasteiger partial charge is 0.330 e. The third-order valence-corrected chi connectivity index (χ3v) is 3.27. The molecule has 0 aliphatic heterocycles. The molecule has 1 unspecified atom stereocenters. The van der Waals surface area contributed by atoms with E-state index < -0.39 is 6.10 Å². The van der Waals surface area contributed by atoms with Crippen molar-refractivity contribution in [2.24, 2.45) is 0 Å². The maximum absolute atomic E-state index is 10.8. The van der Waals surface area contributed by atoms with Gasteiger partial charge in [0.25, 0.3) is 0 Å². The van der Waals surface area contributed by atoms with Crippen LogP contribution in [-0.4, -0.2) is 24.3 Å². The van der Waals surface area contributed by atoms with E-state index in [1.165, 1.54) is 32.4 Å². The molecule has 0 aromatic heterocycles. The van der Waals surface area contributed by atoms with Gasteiger partial charge in [-0.25, -0.2) is 4.79 Å². The van der Waals surface area contributed by atoms with E-state index in [1.807, 2.05) is 24.3 Å². The van der Waals surface area contributed by atoms with Crippen molar-refractivity contribution in [1.82, 2.24) is 0 Å². The van der Waals surface area contributed by atoms with Gasteiger partial charge in [-0.15, -0.1) is 0 Å². The average Bonchev–Trinajstić information content (AvgIpc) is 2.59. The van der Waals surface area contributed by atoms with Gasteiger partial charge in [-0.05, 0) is 32.1 Å². The lowest BCUT2D eigenvalue weighted by Gasteiger charge is -1.98. The first-order valence-electron chi connectivity index (χ1n) is 8.76. The minimum atomic E-state index is -0.468. The molecule has 134 valence electrons. The lowest BCUT2D eigenvalue weighted by Crippen LogP contribution is -1.98. The molecule has 0 saturated heterocycles. The van der Waals surface area contributed by atoms with Gasteiger partial charge in [0.1, 0.15) is 0 Å². The Hall–Kier alpha value is -1.87. The van der Waals surface area contributed by atoms with Gasteiger partial charge < -0.3 is 9.84 Å². The molecular weight excluding hydrogens is 300 g/mol. The van der Waals surface area contributed by atoms with Crippen molar-refractivity contribution in [3.05, 3.63) is 60.8 Å². The molecule has 1 N–H and O–H groups in total. The van der Waals surface area contributed by atoms with Gasteiger partial charge in [-0.1, -0.05) is 74.4 Å². The Morgan fingerprint density at radius 2 is 1.75 bits per heavy atom. The number of ether oxygens (including phenoxy) is 1. The number of aliphatic hydroxyl groups excluding tert-OH is 1. The third kappa shape index (κ3) is 16.5. The van der Waals surface area contributed by atoms with Crippen molar-refractivity contribution in [2.75, 3.05) is 7.11 Å². The van der Waals surface area contributed by atoms with Crippen molar-refractivity contribution >= 4 is 5.97 Å². The summed E-state index contributed by atoms with van der Waals surface area (Å²) in [6.07, 6.45) is 25.7. The topological polar surface area (TPSA) is 46.5 Å². The predicted molar refractivity (Wildman–Crippen MR) is 102 cm³/mol. The van der Waals surface area contributed by atoms with Crippen LogP contribution in [0.5, 0.6) is 0 Å². The Kier molecular flexibility index (Phi) is 16.1. The van der Waals surface area contributed by atoms with Gasteiger partial charge in [0, 0.05) is 6.08 Å². The first-order valence-corrected chi connectivity index (χ1v) is 8.76. The number of methoxy groups -OCH3 is 1. The highest BCUT2D eigenvalue weighted by molar-refractivity contribution is 5.81. The number of aliphatic hydroxyl groups is 1. The summed E-state index contributed by atoms with van der Waals surface area (Å²) >= 11 is 0. The number of rotatable bonds is 13. The molecule has 0 radical (unpaired) electrons. The Morgan fingerprint density at radius 1 is 1.00 bits per heavy atom. The summed E-state index contributed by atoms with van der Waals surface area (Å²) in [7, 11) is 1.35. The SMILES string of the molecule is CCCCCC=CCC=CCC(O)C=CC=CCC=CC(=O)OC. The summed E-state index contributed by atoms with van der Waals surface area (Å²) in [6, 6.07) is 0. The zero-order valence-electron chi connectivity index (χ0n) is 15.1. The quantitative estimate of drug-likeness (QED) is 0.169. The number of hydrogen-bond acceptors (Lipinski definition) is 3. The Bertz CT molecular complexity index is 442. The highest BCUT2D eigenvalue weighted by Crippen LogP contribution is 2.01. The molecule has 1 atom stereocenters. The second kappa shape index (κ2) is 17.5. The van der Waals surface area contributed by atoms with Crippen LogP contribution in [0.3, 0.4) is 0 Å². The summed E-state index contributed by atoms with van der Waals surface area (Å²) in [5.41, 5.74) is 0. The van der Waals surface area contributed by atoms with Crippen LogP contribution in [0.4, 0.5) is 0 Å². The molecule has 0 saturated carbocycles. The zero-order valence-corrected chi connectivity index (χ0v) is 15.1. The number of esters is 1. The molecule has 0 aromatic carbocycles. The van der Waals surface area contributed by atoms with Crippen LogP contribution >= 0.6 is 0 Å². The molecule has 0 spiro atoms. The number of allylic oxidation sites excluding steroid dienone is 7. The second-order valence-electron chi connectivity index (χ2n) is 5.45. The van der Waals surface area contributed by atoms with Crippen molar-refractivity contribution in [3.8, 4) is 0 Å². The molecule has 0 fully saturated rings. The normalized spacial score (nSPS) is 14.0. The van der Waals surface area contributed by atoms with E-state index in [9.17, 15) is 9.90 Å². The van der Waals surface area contributed by atoms with Gasteiger partial charge >= 0.3 is 5.97 Å². The van der Waals surface area contributed by atoms with Gasteiger partial charge in [0.2, 0.25) is 0 Å². The summed E-state index contributed by atoms with van der Waals surface area (Å²) in [5.74, 6) is -0.350. The van der Waals surface area contributed by atoms with E-state index >= 15 is 0 Å². The highest BCUT2D eigenvalue weighted by atomic mass is 16.5. The van der Waals surface area contributed by atoms with E-state index in [0.29, 0.717) is 12.8 Å². The van der Waals surface area contributed by atoms with Crippen molar-refractivity contribution in [2.45, 2.75) is 58.0 Å². The minimum Gasteiger partial charge on any atom is -0.466 e. The highest BCUT2D eigenvalue weighted by Gasteiger charge is 1.92. The predicted octanol–water partition coefficient (Wildman–Crippen LogP) is 5.05. The van der Waals surface area contributed by atoms with Crippen molar-refractivity contribution in [3.63, 3.8) is 0 Å². The lowest BCUT2D eigenvalue weighted by molar-refractivity contribution is -0.134. The van der Waals surface area contributed by atoms with Gasteiger partial charge in [-0.2, -0.15) is 0 Å². The summed E-state index contributed by atoms with van der Waals surface area (Å²) < 4.78 is 4.49. The molecule has 3 nitrogen and oxygen atoms in total. The van der Waals surface area contributed by atoms with Gasteiger partial charge in [-0.3, -0.25) is 0 Å². The lowest BCUT2D eigenvalue weighted by atomic mass is 10.2. The van der Waals surface area contributed by atoms with Crippen LogP contribution in [0.25, 0.3) is 0 Å². The third-order valence-electron chi connectivity index (χ3n) is 3.27. The molecule has 0 bridgehead atoms. The van der Waals surface area contributed by atoms with E-state index in [4.69, 9.17) is 0 Å². The molecule has 0 amide bonds. The van der Waals surface area contributed by atoms with Crippen LogP contribution < -0.4 is 0 Å². The monoisotopic (exact) mass is 332 g/mol. The van der Waals surface area contributed by atoms with E-state index in [1.54, 1.807) is 12.2 Å². The second-order valence-corrected chi connectivity index (χ2v) is 5.45. The average molecular weight is 332 g/mol. The number of unbranched alkanes of at least 4 members (excludes halogenated alkanes) is 3. The first-order chi connectivity index (χ1) is 11.7. The minimum absolute atomic E-state index is 0.350. The zero-order chi connectivity index (χ0) is 17.9. The molecule has 3 heteroatoms. The summed E-state index contributed by atoms with van der Waals surface area (Å²) in [6.45, 7) is 2.21. The first kappa shape index (κ1) is 22.1. The molecule has 0 aromatic rings. The molecular formula is C21H32O3. The molecule has 0 heterocycles. The number of carbonyl (C=O) groups is 1. The molecule has 0 rings (SSSR count). The molecule has 24 heavy (non-hydrogen) atoms. The van der Waals surface area contributed by atoms with Crippen molar-refractivity contribution in [1.29, 1.82) is 0 Å². The van der Waals surface area contributed by atoms with E-state index in [2.05, 4.69) is 29.9 Å². The van der Waals surface area contributed by atoms with Crippen molar-refractivity contribution < 1.29 is 14.6 Å². The molecule has 0 aliphatic carbocycles. The van der Waals surface area contributed by atoms with E-state index in [0.717, 1.165) is 12.8 Å². The fraction of sp³-hybridized carbons (Fsp3) is 0.476. The fourth-order valence-electron chi connectivity index (χ4n) is 1.88. The van der Waals surface area contributed by atoms with Crippen LogP contribution in [0.2, 0.25) is 0 Å². The fourth-order valence-corrected chi connectivity index (χ4v) is 1.88. The maximum atomic E-state index is 10.8. The number of carbonyl (C=O) groups excluding carboxylic acids is 1. The maximum Gasteiger partial charge on any atom is 0.330 e. The van der Waals surface area contributed by atoms with E-state index in [-0.39, 0.29) is 5.97 Å². The van der Waals surface area contributed by atoms with Gasteiger partial charge in [0.15, 0.2) is 0 Å². The summed E-state index contributed by atoms with van der Waals surface area (Å²) in [5, 5.41) is 9.79. The Balaban J connectivity index is 3.73. The van der Waals surface area contributed by atoms with Crippen LogP contribution in [0.1, 0.15) is 51.9 Å². The Labute approximate surface area is 147 Å². The standard InChI is InChI=1S/C21H32O3/c1-3-4-5-6-7-8-9-11-14-17-20(22)18-15-12-10-13-16-19-21(23)24-2/h7-8,10-12,14-16,18-20,22H,3-6,9,13,17H2,1-2H3. The van der Waals surface area contributed by atoms with Gasteiger partial charge in [0.05, 0.1) is 13.2 Å². The number of hydrogen-bond donors (Lipinski definition) is 1. The Morgan fingerprint density at radius 3 is 2.50 bits per heavy atom. The van der Waals surface area contributed by atoms with Crippen LogP contribution in [0.15, 0.2) is 60.8 Å². The largest absolute Gasteiger partial charge is 0.466 e. The van der Waals surface area contributed by atoms with Crippen LogP contribution in [-0.2, 0) is 9.53 Å². The summed E-state index contributed by atoms with van der Waals surface area (Å²) in [4.78, 5) is 10.8. The molecule has 0 aliphatic rings. The van der Waals surface area contributed by atoms with Crippen LogP contribution in [0, 0.1) is 0 Å².